The summed E-state index contributed by atoms with van der Waals surface area (Å²) in [6.45, 7) is 8.06. The monoisotopic (exact) mass is 345 g/mol. The summed E-state index contributed by atoms with van der Waals surface area (Å²) >= 11 is 0. The van der Waals surface area contributed by atoms with Crippen molar-refractivity contribution in [2.75, 3.05) is 0 Å². The van der Waals surface area contributed by atoms with Gasteiger partial charge in [0.05, 0.1) is 5.71 Å². The minimum Gasteiger partial charge on any atom is -0.319 e. The van der Waals surface area contributed by atoms with E-state index in [9.17, 15) is 4.79 Å². The van der Waals surface area contributed by atoms with Gasteiger partial charge in [0.2, 0.25) is 0 Å². The van der Waals surface area contributed by atoms with Crippen molar-refractivity contribution < 1.29 is 4.79 Å². The van der Waals surface area contributed by atoms with E-state index in [-0.39, 0.29) is 5.91 Å². The number of hydrogen-bond donors (Lipinski definition) is 1. The molecule has 0 fully saturated rings. The van der Waals surface area contributed by atoms with E-state index in [0.29, 0.717) is 5.56 Å². The van der Waals surface area contributed by atoms with Crippen LogP contribution < -0.4 is 5.43 Å². The molecular weight excluding hydrogens is 322 g/mol. The molecule has 0 aliphatic rings. The molecule has 26 heavy (non-hydrogen) atoms. The standard InChI is InChI=1S/C22H23N3O/c1-15-5-9-20(10-6-15)22(26)24-23-18(4)19-11-13-21(14-12-19)25-16(2)7-8-17(25)3/h5-14H,1-4H3,(H,24,26)/b23-18+. The number of carbonyl (C=O) groups excluding carboxylic acids is 1. The Morgan fingerprint density at radius 3 is 1.92 bits per heavy atom. The Hall–Kier alpha value is -3.14. The smallest absolute Gasteiger partial charge is 0.271 e. The Bertz CT molecular complexity index is 929. The number of benzene rings is 2. The lowest BCUT2D eigenvalue weighted by Gasteiger charge is -2.10. The summed E-state index contributed by atoms with van der Waals surface area (Å²) in [7, 11) is 0. The van der Waals surface area contributed by atoms with Crippen LogP contribution in [0.15, 0.2) is 65.8 Å². The Labute approximate surface area is 154 Å². The van der Waals surface area contributed by atoms with E-state index in [0.717, 1.165) is 22.5 Å². The van der Waals surface area contributed by atoms with Gasteiger partial charge in [-0.2, -0.15) is 5.10 Å². The molecule has 0 aliphatic carbocycles. The summed E-state index contributed by atoms with van der Waals surface area (Å²) in [5.41, 5.74) is 9.59. The highest BCUT2D eigenvalue weighted by Crippen LogP contribution is 2.17. The number of hydrogen-bond acceptors (Lipinski definition) is 2. The maximum atomic E-state index is 12.2. The van der Waals surface area contributed by atoms with E-state index >= 15 is 0 Å². The lowest BCUT2D eigenvalue weighted by atomic mass is 10.1. The van der Waals surface area contributed by atoms with E-state index in [1.54, 1.807) is 12.1 Å². The summed E-state index contributed by atoms with van der Waals surface area (Å²) < 4.78 is 2.20. The fraction of sp³-hybridized carbons (Fsp3) is 0.182. The molecule has 4 heteroatoms. The van der Waals surface area contributed by atoms with Gasteiger partial charge < -0.3 is 4.57 Å². The Kier molecular flexibility index (Phi) is 5.03. The van der Waals surface area contributed by atoms with Crippen LogP contribution >= 0.6 is 0 Å². The predicted octanol–water partition coefficient (Wildman–Crippen LogP) is 4.56. The number of hydrazone groups is 1. The molecule has 132 valence electrons. The van der Waals surface area contributed by atoms with Crippen LogP contribution in [0.4, 0.5) is 0 Å². The molecule has 0 radical (unpaired) electrons. The highest BCUT2D eigenvalue weighted by atomic mass is 16.2. The second-order valence-electron chi connectivity index (χ2n) is 6.50. The molecule has 4 nitrogen and oxygen atoms in total. The summed E-state index contributed by atoms with van der Waals surface area (Å²) in [4.78, 5) is 12.2. The second kappa shape index (κ2) is 7.40. The van der Waals surface area contributed by atoms with E-state index in [1.807, 2.05) is 38.1 Å². The predicted molar refractivity (Wildman–Crippen MR) is 106 cm³/mol. The van der Waals surface area contributed by atoms with Gasteiger partial charge in [-0.05, 0) is 69.7 Å². The zero-order chi connectivity index (χ0) is 18.7. The lowest BCUT2D eigenvalue weighted by molar-refractivity contribution is 0.0955. The van der Waals surface area contributed by atoms with Gasteiger partial charge in [0.15, 0.2) is 0 Å². The number of nitrogens with zero attached hydrogens (tertiary/aromatic N) is 2. The number of nitrogens with one attached hydrogen (secondary N) is 1. The van der Waals surface area contributed by atoms with Gasteiger partial charge in [0, 0.05) is 22.6 Å². The highest BCUT2D eigenvalue weighted by Gasteiger charge is 2.06. The molecule has 1 N–H and O–H groups in total. The molecule has 0 aliphatic heterocycles. The molecular formula is C22H23N3O. The summed E-state index contributed by atoms with van der Waals surface area (Å²) in [6.07, 6.45) is 0. The van der Waals surface area contributed by atoms with Crippen LogP contribution in [-0.4, -0.2) is 16.2 Å². The molecule has 0 unspecified atom stereocenters. The first-order valence-corrected chi connectivity index (χ1v) is 8.63. The van der Waals surface area contributed by atoms with Gasteiger partial charge in [-0.25, -0.2) is 5.43 Å². The number of amides is 1. The highest BCUT2D eigenvalue weighted by molar-refractivity contribution is 6.01. The first kappa shape index (κ1) is 17.7. The number of aromatic nitrogens is 1. The van der Waals surface area contributed by atoms with Crippen LogP contribution in [0.1, 0.15) is 39.8 Å². The van der Waals surface area contributed by atoms with Gasteiger partial charge >= 0.3 is 0 Å². The van der Waals surface area contributed by atoms with E-state index in [1.165, 1.54) is 11.4 Å². The Morgan fingerprint density at radius 2 is 1.35 bits per heavy atom. The Balaban J connectivity index is 1.73. The third-order valence-corrected chi connectivity index (χ3v) is 4.45. The van der Waals surface area contributed by atoms with Crippen molar-refractivity contribution in [3.63, 3.8) is 0 Å². The minimum atomic E-state index is -0.209. The molecule has 0 saturated carbocycles. The average molecular weight is 345 g/mol. The van der Waals surface area contributed by atoms with Crippen LogP contribution in [-0.2, 0) is 0 Å². The normalized spacial score (nSPS) is 11.5. The van der Waals surface area contributed by atoms with Crippen molar-refractivity contribution in [1.29, 1.82) is 0 Å². The number of carbonyl (C=O) groups is 1. The second-order valence-corrected chi connectivity index (χ2v) is 6.50. The Morgan fingerprint density at radius 1 is 0.808 bits per heavy atom. The van der Waals surface area contributed by atoms with Gasteiger partial charge in [-0.1, -0.05) is 29.8 Å². The molecule has 3 rings (SSSR count). The molecule has 1 heterocycles. The minimum absolute atomic E-state index is 0.209. The van der Waals surface area contributed by atoms with Crippen LogP contribution in [0.25, 0.3) is 5.69 Å². The van der Waals surface area contributed by atoms with Crippen LogP contribution in [0.5, 0.6) is 0 Å². The van der Waals surface area contributed by atoms with E-state index in [2.05, 4.69) is 53.2 Å². The fourth-order valence-electron chi connectivity index (χ4n) is 2.90. The van der Waals surface area contributed by atoms with Gasteiger partial charge in [-0.3, -0.25) is 4.79 Å². The van der Waals surface area contributed by atoms with E-state index < -0.39 is 0 Å². The van der Waals surface area contributed by atoms with E-state index in [4.69, 9.17) is 0 Å². The largest absolute Gasteiger partial charge is 0.319 e. The van der Waals surface area contributed by atoms with Crippen LogP contribution in [0, 0.1) is 20.8 Å². The van der Waals surface area contributed by atoms with Crippen molar-refractivity contribution in [2.24, 2.45) is 5.10 Å². The quantitative estimate of drug-likeness (QED) is 0.547. The fourth-order valence-corrected chi connectivity index (χ4v) is 2.90. The number of aryl methyl sites for hydroxylation is 3. The summed E-state index contributed by atoms with van der Waals surface area (Å²) in [5, 5.41) is 4.23. The van der Waals surface area contributed by atoms with Crippen LogP contribution in [0.3, 0.4) is 0 Å². The maximum absolute atomic E-state index is 12.2. The summed E-state index contributed by atoms with van der Waals surface area (Å²) in [5.74, 6) is -0.209. The topological polar surface area (TPSA) is 46.4 Å². The molecule has 3 aromatic rings. The zero-order valence-electron chi connectivity index (χ0n) is 15.6. The molecule has 2 aromatic carbocycles. The third kappa shape index (κ3) is 3.75. The average Bonchev–Trinajstić information content (AvgIpc) is 2.98. The van der Waals surface area contributed by atoms with Gasteiger partial charge in [0.25, 0.3) is 5.91 Å². The zero-order valence-corrected chi connectivity index (χ0v) is 15.6. The first-order valence-electron chi connectivity index (χ1n) is 8.63. The molecule has 0 atom stereocenters. The van der Waals surface area contributed by atoms with Crippen molar-refractivity contribution >= 4 is 11.6 Å². The first-order chi connectivity index (χ1) is 12.5. The van der Waals surface area contributed by atoms with Crippen LogP contribution in [0.2, 0.25) is 0 Å². The molecule has 0 spiro atoms. The number of rotatable bonds is 4. The molecule has 1 aromatic heterocycles. The molecule has 0 saturated heterocycles. The maximum Gasteiger partial charge on any atom is 0.271 e. The lowest BCUT2D eigenvalue weighted by Crippen LogP contribution is -2.19. The molecule has 1 amide bonds. The van der Waals surface area contributed by atoms with Crippen molar-refractivity contribution in [3.8, 4) is 5.69 Å². The van der Waals surface area contributed by atoms with Crippen molar-refractivity contribution in [2.45, 2.75) is 27.7 Å². The third-order valence-electron chi connectivity index (χ3n) is 4.45. The van der Waals surface area contributed by atoms with Crippen molar-refractivity contribution in [3.05, 3.63) is 88.7 Å². The SMILES string of the molecule is C/C(=N\NC(=O)c1ccc(C)cc1)c1ccc(-n2c(C)ccc2C)cc1. The van der Waals surface area contributed by atoms with Crippen molar-refractivity contribution in [1.82, 2.24) is 9.99 Å². The van der Waals surface area contributed by atoms with Gasteiger partial charge in [0.1, 0.15) is 0 Å². The molecule has 0 bridgehead atoms. The van der Waals surface area contributed by atoms with Gasteiger partial charge in [-0.15, -0.1) is 0 Å². The summed E-state index contributed by atoms with van der Waals surface area (Å²) in [6, 6.07) is 19.8.